The number of nitrogens with two attached hydrogens (primary N) is 1. The summed E-state index contributed by atoms with van der Waals surface area (Å²) in [5.41, 5.74) is 6.93. The zero-order chi connectivity index (χ0) is 10.4. The number of rotatable bonds is 5. The van der Waals surface area contributed by atoms with Gasteiger partial charge in [-0.25, -0.2) is 0 Å². The second-order valence-corrected chi connectivity index (χ2v) is 5.21. The topological polar surface area (TPSA) is 26.0 Å². The largest absolute Gasteiger partial charge is 0.326 e. The average Bonchev–Trinajstić information content (AvgIpc) is 2.20. The van der Waals surface area contributed by atoms with Gasteiger partial charge in [0, 0.05) is 15.9 Å². The van der Waals surface area contributed by atoms with E-state index in [1.807, 2.05) is 11.8 Å². The van der Waals surface area contributed by atoms with Gasteiger partial charge < -0.3 is 5.73 Å². The minimum Gasteiger partial charge on any atom is -0.326 e. The molecular weight excluding hydrogens is 258 g/mol. The van der Waals surface area contributed by atoms with Crippen molar-refractivity contribution in [3.05, 3.63) is 28.2 Å². The normalized spacial score (nSPS) is 10.5. The predicted molar refractivity (Wildman–Crippen MR) is 67.7 cm³/mol. The lowest BCUT2D eigenvalue weighted by Gasteiger charge is -2.07. The van der Waals surface area contributed by atoms with Crippen molar-refractivity contribution < 1.29 is 0 Å². The molecule has 0 aliphatic rings. The van der Waals surface area contributed by atoms with Crippen LogP contribution in [0.5, 0.6) is 0 Å². The monoisotopic (exact) mass is 273 g/mol. The highest BCUT2D eigenvalue weighted by atomic mass is 79.9. The van der Waals surface area contributed by atoms with E-state index >= 15 is 0 Å². The van der Waals surface area contributed by atoms with Crippen molar-refractivity contribution >= 4 is 27.7 Å². The second kappa shape index (κ2) is 6.49. The second-order valence-electron chi connectivity index (χ2n) is 3.16. The molecule has 78 valence electrons. The molecule has 1 aromatic carbocycles. The Balaban J connectivity index is 2.65. The molecule has 0 bridgehead atoms. The van der Waals surface area contributed by atoms with E-state index in [0.29, 0.717) is 6.54 Å². The van der Waals surface area contributed by atoms with Crippen LogP contribution in [0, 0.1) is 0 Å². The smallest absolute Gasteiger partial charge is 0.0189 e. The lowest BCUT2D eigenvalue weighted by molar-refractivity contribution is 0.895. The van der Waals surface area contributed by atoms with E-state index in [4.69, 9.17) is 5.73 Å². The van der Waals surface area contributed by atoms with Crippen molar-refractivity contribution in [1.29, 1.82) is 0 Å². The first-order chi connectivity index (χ1) is 6.77. The molecule has 0 heterocycles. The molecule has 0 radical (unpaired) electrons. The maximum absolute atomic E-state index is 5.69. The van der Waals surface area contributed by atoms with Gasteiger partial charge in [-0.05, 0) is 35.9 Å². The molecule has 0 saturated heterocycles. The molecule has 3 heteroatoms. The van der Waals surface area contributed by atoms with Crippen LogP contribution in [0.15, 0.2) is 27.6 Å². The SMILES string of the molecule is CCCCSc1ccc(Br)cc1CN. The van der Waals surface area contributed by atoms with E-state index in [1.54, 1.807) is 0 Å². The Labute approximate surface area is 98.6 Å². The van der Waals surface area contributed by atoms with Gasteiger partial charge in [0.05, 0.1) is 0 Å². The van der Waals surface area contributed by atoms with Gasteiger partial charge in [-0.3, -0.25) is 0 Å². The van der Waals surface area contributed by atoms with Gasteiger partial charge in [-0.1, -0.05) is 29.3 Å². The van der Waals surface area contributed by atoms with Crippen molar-refractivity contribution in [2.45, 2.75) is 31.2 Å². The third-order valence-electron chi connectivity index (χ3n) is 2.00. The van der Waals surface area contributed by atoms with Crippen LogP contribution in [0.25, 0.3) is 0 Å². The highest BCUT2D eigenvalue weighted by Crippen LogP contribution is 2.26. The summed E-state index contributed by atoms with van der Waals surface area (Å²) in [4.78, 5) is 1.32. The summed E-state index contributed by atoms with van der Waals surface area (Å²) in [6, 6.07) is 6.33. The van der Waals surface area contributed by atoms with Crippen molar-refractivity contribution in [1.82, 2.24) is 0 Å². The van der Waals surface area contributed by atoms with E-state index < -0.39 is 0 Å². The molecular formula is C11H16BrNS. The van der Waals surface area contributed by atoms with Crippen molar-refractivity contribution in [3.63, 3.8) is 0 Å². The molecule has 0 atom stereocenters. The highest BCUT2D eigenvalue weighted by Gasteiger charge is 2.01. The fourth-order valence-electron chi connectivity index (χ4n) is 1.17. The fourth-order valence-corrected chi connectivity index (χ4v) is 2.73. The lowest BCUT2D eigenvalue weighted by atomic mass is 10.2. The number of halogens is 1. The lowest BCUT2D eigenvalue weighted by Crippen LogP contribution is -1.98. The highest BCUT2D eigenvalue weighted by molar-refractivity contribution is 9.10. The first-order valence-electron chi connectivity index (χ1n) is 4.89. The third-order valence-corrected chi connectivity index (χ3v) is 3.69. The molecule has 0 saturated carbocycles. The molecule has 0 fully saturated rings. The van der Waals surface area contributed by atoms with E-state index in [-0.39, 0.29) is 0 Å². The summed E-state index contributed by atoms with van der Waals surface area (Å²) in [6.45, 7) is 2.83. The Morgan fingerprint density at radius 2 is 2.21 bits per heavy atom. The Bertz CT molecular complexity index is 289. The Hall–Kier alpha value is 0.01000. The average molecular weight is 274 g/mol. The van der Waals surface area contributed by atoms with Gasteiger partial charge in [0.1, 0.15) is 0 Å². The van der Waals surface area contributed by atoms with Crippen LogP contribution in [0.3, 0.4) is 0 Å². The van der Waals surface area contributed by atoms with E-state index in [1.165, 1.54) is 29.1 Å². The van der Waals surface area contributed by atoms with Crippen LogP contribution in [-0.4, -0.2) is 5.75 Å². The van der Waals surface area contributed by atoms with Crippen LogP contribution in [0.4, 0.5) is 0 Å². The van der Waals surface area contributed by atoms with E-state index in [0.717, 1.165) is 4.47 Å². The van der Waals surface area contributed by atoms with Crippen molar-refractivity contribution in [3.8, 4) is 0 Å². The molecule has 0 amide bonds. The molecule has 0 spiro atoms. The Morgan fingerprint density at radius 1 is 1.43 bits per heavy atom. The molecule has 0 aliphatic carbocycles. The molecule has 0 unspecified atom stereocenters. The summed E-state index contributed by atoms with van der Waals surface area (Å²) in [7, 11) is 0. The van der Waals surface area contributed by atoms with Gasteiger partial charge in [-0.15, -0.1) is 11.8 Å². The molecule has 1 rings (SSSR count). The van der Waals surface area contributed by atoms with Gasteiger partial charge >= 0.3 is 0 Å². The standard InChI is InChI=1S/C11H16BrNS/c1-2-3-6-14-11-5-4-10(12)7-9(11)8-13/h4-5,7H,2-3,6,8,13H2,1H3. The molecule has 14 heavy (non-hydrogen) atoms. The number of hydrogen-bond donors (Lipinski definition) is 1. The Morgan fingerprint density at radius 3 is 2.86 bits per heavy atom. The molecule has 1 aromatic rings. The molecule has 2 N–H and O–H groups in total. The maximum atomic E-state index is 5.69. The summed E-state index contributed by atoms with van der Waals surface area (Å²) < 4.78 is 1.11. The number of hydrogen-bond acceptors (Lipinski definition) is 2. The van der Waals surface area contributed by atoms with Gasteiger partial charge in [0.15, 0.2) is 0 Å². The minimum absolute atomic E-state index is 0.619. The van der Waals surface area contributed by atoms with Crippen LogP contribution in [-0.2, 0) is 6.54 Å². The predicted octanol–water partition coefficient (Wildman–Crippen LogP) is 3.80. The number of unbranched alkanes of at least 4 members (excludes halogenated alkanes) is 1. The first-order valence-corrected chi connectivity index (χ1v) is 6.67. The number of benzene rings is 1. The molecule has 0 aromatic heterocycles. The third kappa shape index (κ3) is 3.64. The van der Waals surface area contributed by atoms with E-state index in [2.05, 4.69) is 41.1 Å². The zero-order valence-corrected chi connectivity index (χ0v) is 10.8. The zero-order valence-electron chi connectivity index (χ0n) is 8.42. The summed E-state index contributed by atoms with van der Waals surface area (Å²) in [6.07, 6.45) is 2.52. The summed E-state index contributed by atoms with van der Waals surface area (Å²) in [5.74, 6) is 1.19. The van der Waals surface area contributed by atoms with Crippen molar-refractivity contribution in [2.75, 3.05) is 5.75 Å². The van der Waals surface area contributed by atoms with Crippen LogP contribution < -0.4 is 5.73 Å². The summed E-state index contributed by atoms with van der Waals surface area (Å²) >= 11 is 5.36. The van der Waals surface area contributed by atoms with Crippen molar-refractivity contribution in [2.24, 2.45) is 5.73 Å². The minimum atomic E-state index is 0.619. The fraction of sp³-hybridized carbons (Fsp3) is 0.455. The molecule has 1 nitrogen and oxygen atoms in total. The molecule has 0 aliphatic heterocycles. The van der Waals surface area contributed by atoms with Crippen LogP contribution >= 0.6 is 27.7 Å². The Kier molecular flexibility index (Phi) is 5.60. The van der Waals surface area contributed by atoms with Crippen LogP contribution in [0.1, 0.15) is 25.3 Å². The first kappa shape index (κ1) is 12.1. The number of thioether (sulfide) groups is 1. The van der Waals surface area contributed by atoms with Crippen LogP contribution in [0.2, 0.25) is 0 Å². The van der Waals surface area contributed by atoms with E-state index in [9.17, 15) is 0 Å². The maximum Gasteiger partial charge on any atom is 0.0189 e. The van der Waals surface area contributed by atoms with Gasteiger partial charge in [-0.2, -0.15) is 0 Å². The summed E-state index contributed by atoms with van der Waals surface area (Å²) in [5, 5.41) is 0. The van der Waals surface area contributed by atoms with Gasteiger partial charge in [0.2, 0.25) is 0 Å². The quantitative estimate of drug-likeness (QED) is 0.653. The van der Waals surface area contributed by atoms with Gasteiger partial charge in [0.25, 0.3) is 0 Å².